The first-order valence-electron chi connectivity index (χ1n) is 5.34. The van der Waals surface area contributed by atoms with E-state index in [-0.39, 0.29) is 0 Å². The normalized spacial score (nSPS) is 13.7. The smallest absolute Gasteiger partial charge is 0.346 e. The van der Waals surface area contributed by atoms with Crippen molar-refractivity contribution in [2.45, 2.75) is 6.82 Å². The molecule has 3 nitrogen and oxygen atoms in total. The third kappa shape index (κ3) is 1.30. The van der Waals surface area contributed by atoms with E-state index >= 15 is 0 Å². The maximum atomic E-state index is 11.6. The van der Waals surface area contributed by atoms with E-state index in [9.17, 15) is 9.59 Å². The van der Waals surface area contributed by atoms with Gasteiger partial charge in [0, 0.05) is 0 Å². The molecule has 1 aliphatic rings. The Balaban J connectivity index is 2.48. The van der Waals surface area contributed by atoms with Crippen LogP contribution in [0.2, 0.25) is 6.82 Å². The van der Waals surface area contributed by atoms with Gasteiger partial charge in [-0.25, -0.2) is 9.59 Å². The molecule has 0 N–H and O–H groups in total. The summed E-state index contributed by atoms with van der Waals surface area (Å²) in [4.78, 5) is 23.2. The highest BCUT2D eigenvalue weighted by atomic mass is 16.6. The molecule has 2 aromatic carbocycles. The highest BCUT2D eigenvalue weighted by molar-refractivity contribution is 6.58. The number of carbonyl (C=O) groups excluding carboxylic acids is 2. The van der Waals surface area contributed by atoms with E-state index in [1.54, 1.807) is 6.07 Å². The van der Waals surface area contributed by atoms with E-state index in [1.807, 2.05) is 38.4 Å². The average Bonchev–Trinajstić information content (AvgIpc) is 2.62. The first kappa shape index (κ1) is 10.1. The van der Waals surface area contributed by atoms with Crippen LogP contribution in [-0.4, -0.2) is 19.2 Å². The Morgan fingerprint density at radius 1 is 1.12 bits per heavy atom. The fraction of sp³-hybridized carbons (Fsp3) is 0.0769. The van der Waals surface area contributed by atoms with Crippen LogP contribution in [0.1, 0.15) is 20.7 Å². The van der Waals surface area contributed by atoms with Gasteiger partial charge in [-0.1, -0.05) is 36.6 Å². The molecular formula is C13H8BO3. The van der Waals surface area contributed by atoms with Gasteiger partial charge in [0.15, 0.2) is 0 Å². The average molecular weight is 223 g/mol. The van der Waals surface area contributed by atoms with Gasteiger partial charge in [-0.3, -0.25) is 0 Å². The zero-order valence-corrected chi connectivity index (χ0v) is 9.19. The van der Waals surface area contributed by atoms with E-state index in [0.29, 0.717) is 11.1 Å². The van der Waals surface area contributed by atoms with Crippen molar-refractivity contribution < 1.29 is 14.3 Å². The molecule has 0 aliphatic carbocycles. The summed E-state index contributed by atoms with van der Waals surface area (Å²) < 4.78 is 4.65. The number of esters is 2. The molecule has 0 amide bonds. The topological polar surface area (TPSA) is 43.4 Å². The highest BCUT2D eigenvalue weighted by Gasteiger charge is 2.32. The fourth-order valence-corrected chi connectivity index (χ4v) is 2.25. The van der Waals surface area contributed by atoms with Crippen LogP contribution < -0.4 is 5.46 Å². The number of cyclic esters (lactones) is 2. The van der Waals surface area contributed by atoms with Crippen LogP contribution in [0, 0.1) is 0 Å². The lowest BCUT2D eigenvalue weighted by molar-refractivity contribution is 0.0444. The summed E-state index contributed by atoms with van der Waals surface area (Å²) in [5.74, 6) is -1.11. The third-order valence-corrected chi connectivity index (χ3v) is 2.99. The molecule has 0 aromatic heterocycles. The molecule has 1 heterocycles. The molecule has 3 rings (SSSR count). The minimum Gasteiger partial charge on any atom is -0.386 e. The van der Waals surface area contributed by atoms with E-state index in [2.05, 4.69) is 4.74 Å². The Labute approximate surface area is 98.6 Å². The predicted molar refractivity (Wildman–Crippen MR) is 64.9 cm³/mol. The number of ether oxygens (including phenoxy) is 1. The second-order valence-corrected chi connectivity index (χ2v) is 3.90. The molecule has 17 heavy (non-hydrogen) atoms. The van der Waals surface area contributed by atoms with Gasteiger partial charge in [-0.15, -0.1) is 0 Å². The monoisotopic (exact) mass is 223 g/mol. The molecular weight excluding hydrogens is 215 g/mol. The van der Waals surface area contributed by atoms with Crippen LogP contribution in [0.4, 0.5) is 0 Å². The second kappa shape index (κ2) is 3.45. The maximum absolute atomic E-state index is 11.6. The summed E-state index contributed by atoms with van der Waals surface area (Å²) in [6.45, 7) is 1.85. The van der Waals surface area contributed by atoms with Crippen molar-refractivity contribution in [3.8, 4) is 0 Å². The quantitative estimate of drug-likeness (QED) is 0.418. The summed E-state index contributed by atoms with van der Waals surface area (Å²) in [6, 6.07) is 9.37. The van der Waals surface area contributed by atoms with Gasteiger partial charge >= 0.3 is 11.9 Å². The highest BCUT2D eigenvalue weighted by Crippen LogP contribution is 2.24. The zero-order valence-electron chi connectivity index (χ0n) is 9.19. The van der Waals surface area contributed by atoms with Crippen LogP contribution >= 0.6 is 0 Å². The summed E-state index contributed by atoms with van der Waals surface area (Å²) in [5, 5.41) is 1.89. The molecule has 2 aromatic rings. The first-order valence-corrected chi connectivity index (χ1v) is 5.34. The Kier molecular flexibility index (Phi) is 2.05. The molecule has 0 atom stereocenters. The van der Waals surface area contributed by atoms with Crippen molar-refractivity contribution in [2.24, 2.45) is 0 Å². The molecule has 0 saturated heterocycles. The van der Waals surface area contributed by atoms with Crippen LogP contribution in [0.15, 0.2) is 30.3 Å². The van der Waals surface area contributed by atoms with E-state index in [0.717, 1.165) is 16.2 Å². The van der Waals surface area contributed by atoms with Crippen LogP contribution in [0.25, 0.3) is 10.8 Å². The lowest BCUT2D eigenvalue weighted by atomic mass is 9.68. The van der Waals surface area contributed by atoms with Gasteiger partial charge < -0.3 is 4.74 Å². The number of carbonyl (C=O) groups is 2. The molecule has 0 saturated carbocycles. The van der Waals surface area contributed by atoms with Gasteiger partial charge in [-0.05, 0) is 16.8 Å². The summed E-state index contributed by atoms with van der Waals surface area (Å²) in [7, 11) is 1.83. The summed E-state index contributed by atoms with van der Waals surface area (Å²) in [5.41, 5.74) is 1.52. The second-order valence-electron chi connectivity index (χ2n) is 3.90. The molecule has 0 fully saturated rings. The van der Waals surface area contributed by atoms with E-state index in [4.69, 9.17) is 0 Å². The Morgan fingerprint density at radius 2 is 1.88 bits per heavy atom. The van der Waals surface area contributed by atoms with Crippen molar-refractivity contribution in [3.63, 3.8) is 0 Å². The number of benzene rings is 2. The lowest BCUT2D eigenvalue weighted by Gasteiger charge is -2.07. The van der Waals surface area contributed by atoms with Crippen molar-refractivity contribution in [3.05, 3.63) is 41.5 Å². The maximum Gasteiger partial charge on any atom is 0.346 e. The largest absolute Gasteiger partial charge is 0.386 e. The van der Waals surface area contributed by atoms with Crippen molar-refractivity contribution >= 4 is 35.5 Å². The number of fused-ring (bicyclic) bond motifs is 2. The van der Waals surface area contributed by atoms with Crippen molar-refractivity contribution in [2.75, 3.05) is 0 Å². The minimum absolute atomic E-state index is 0.363. The fourth-order valence-electron chi connectivity index (χ4n) is 2.25. The molecule has 1 radical (unpaired) electrons. The Hall–Kier alpha value is -2.10. The van der Waals surface area contributed by atoms with Crippen LogP contribution in [0.3, 0.4) is 0 Å². The van der Waals surface area contributed by atoms with Crippen LogP contribution in [0.5, 0.6) is 0 Å². The molecule has 0 bridgehead atoms. The summed E-state index contributed by atoms with van der Waals surface area (Å²) >= 11 is 0. The number of hydrogen-bond acceptors (Lipinski definition) is 3. The molecule has 4 heteroatoms. The minimum atomic E-state index is -0.557. The molecule has 1 aliphatic heterocycles. The van der Waals surface area contributed by atoms with Crippen molar-refractivity contribution in [1.82, 2.24) is 0 Å². The van der Waals surface area contributed by atoms with Gasteiger partial charge in [0.05, 0.1) is 11.1 Å². The molecule has 0 spiro atoms. The molecule has 0 unspecified atom stereocenters. The zero-order chi connectivity index (χ0) is 12.0. The first-order chi connectivity index (χ1) is 8.22. The van der Waals surface area contributed by atoms with Gasteiger partial charge in [0.1, 0.15) is 7.28 Å². The predicted octanol–water partition coefficient (Wildman–Crippen LogP) is 1.53. The number of hydrogen-bond donors (Lipinski definition) is 0. The molecule has 81 valence electrons. The summed E-state index contributed by atoms with van der Waals surface area (Å²) in [6.07, 6.45) is 0. The lowest BCUT2D eigenvalue weighted by Crippen LogP contribution is -2.21. The van der Waals surface area contributed by atoms with Gasteiger partial charge in [0.2, 0.25) is 0 Å². The Morgan fingerprint density at radius 3 is 2.65 bits per heavy atom. The van der Waals surface area contributed by atoms with E-state index in [1.165, 1.54) is 0 Å². The number of rotatable bonds is 1. The Bertz CT molecular complexity index is 661. The van der Waals surface area contributed by atoms with E-state index < -0.39 is 11.9 Å². The van der Waals surface area contributed by atoms with Gasteiger partial charge in [0.25, 0.3) is 0 Å². The van der Waals surface area contributed by atoms with Crippen LogP contribution in [-0.2, 0) is 4.74 Å². The SMILES string of the molecule is C[B]c1c2c(cc3ccccc13)C(=O)OC2=O. The third-order valence-electron chi connectivity index (χ3n) is 2.99. The standard InChI is InChI=1S/C13H8BO3/c1-14-11-8-5-3-2-4-7(8)6-9-10(11)13(16)17-12(9)15/h2-6H,1H3. The van der Waals surface area contributed by atoms with Crippen molar-refractivity contribution in [1.29, 1.82) is 0 Å². The van der Waals surface area contributed by atoms with Gasteiger partial charge in [-0.2, -0.15) is 0 Å².